The van der Waals surface area contributed by atoms with E-state index in [4.69, 9.17) is 4.74 Å². The van der Waals surface area contributed by atoms with Crippen molar-refractivity contribution in [2.75, 3.05) is 7.11 Å². The normalized spacial score (nSPS) is 20.2. The molecule has 1 fully saturated rings. The van der Waals surface area contributed by atoms with E-state index in [0.717, 1.165) is 12.2 Å². The van der Waals surface area contributed by atoms with Crippen LogP contribution in [0.4, 0.5) is 0 Å². The van der Waals surface area contributed by atoms with E-state index < -0.39 is 0 Å². The highest BCUT2D eigenvalue weighted by atomic mass is 79.9. The number of methoxy groups -OCH3 is 1. The van der Waals surface area contributed by atoms with Gasteiger partial charge in [0.1, 0.15) is 5.75 Å². The van der Waals surface area contributed by atoms with Crippen LogP contribution in [0.5, 0.6) is 5.75 Å². The summed E-state index contributed by atoms with van der Waals surface area (Å²) in [6, 6.07) is 8.41. The number of benzene rings is 1. The van der Waals surface area contributed by atoms with Gasteiger partial charge in [0.25, 0.3) is 0 Å². The van der Waals surface area contributed by atoms with Crippen LogP contribution >= 0.6 is 15.9 Å². The van der Waals surface area contributed by atoms with Gasteiger partial charge in [0, 0.05) is 4.83 Å². The highest BCUT2D eigenvalue weighted by Crippen LogP contribution is 2.44. The monoisotopic (exact) mass is 296 g/mol. The number of halogens is 1. The molecule has 0 bridgehead atoms. The molecule has 0 amide bonds. The SMILES string of the molecule is COc1cccc(CC(Br)C2(C)CCCC2)c1. The molecule has 1 aromatic rings. The molecule has 1 atom stereocenters. The largest absolute Gasteiger partial charge is 0.497 e. The average molecular weight is 297 g/mol. The summed E-state index contributed by atoms with van der Waals surface area (Å²) in [6.45, 7) is 2.42. The van der Waals surface area contributed by atoms with E-state index in [1.54, 1.807) is 7.11 Å². The Morgan fingerprint density at radius 2 is 2.06 bits per heavy atom. The predicted octanol–water partition coefficient (Wildman–Crippen LogP) is 4.58. The van der Waals surface area contributed by atoms with Crippen LogP contribution in [0, 0.1) is 5.41 Å². The summed E-state index contributed by atoms with van der Waals surface area (Å²) in [4.78, 5) is 0.574. The van der Waals surface area contributed by atoms with Gasteiger partial charge in [-0.1, -0.05) is 47.8 Å². The minimum Gasteiger partial charge on any atom is -0.497 e. The van der Waals surface area contributed by atoms with E-state index in [0.29, 0.717) is 10.2 Å². The maximum Gasteiger partial charge on any atom is 0.119 e. The lowest BCUT2D eigenvalue weighted by atomic mass is 9.82. The Labute approximate surface area is 113 Å². The average Bonchev–Trinajstić information content (AvgIpc) is 2.78. The summed E-state index contributed by atoms with van der Waals surface area (Å²) in [5, 5.41) is 0. The maximum atomic E-state index is 5.27. The van der Waals surface area contributed by atoms with Crippen molar-refractivity contribution in [3.05, 3.63) is 29.8 Å². The van der Waals surface area contributed by atoms with Gasteiger partial charge in [-0.2, -0.15) is 0 Å². The molecule has 0 saturated heterocycles. The Balaban J connectivity index is 2.04. The van der Waals surface area contributed by atoms with Crippen LogP contribution in [0.2, 0.25) is 0 Å². The van der Waals surface area contributed by atoms with Gasteiger partial charge in [0.05, 0.1) is 7.11 Å². The molecule has 1 saturated carbocycles. The van der Waals surface area contributed by atoms with Crippen molar-refractivity contribution < 1.29 is 4.74 Å². The summed E-state index contributed by atoms with van der Waals surface area (Å²) >= 11 is 3.90. The molecule has 0 heterocycles. The van der Waals surface area contributed by atoms with Crippen molar-refractivity contribution in [2.24, 2.45) is 5.41 Å². The summed E-state index contributed by atoms with van der Waals surface area (Å²) in [5.41, 5.74) is 1.84. The van der Waals surface area contributed by atoms with Gasteiger partial charge in [-0.05, 0) is 42.4 Å². The van der Waals surface area contributed by atoms with Crippen LogP contribution < -0.4 is 4.74 Å². The molecule has 94 valence electrons. The molecule has 2 rings (SSSR count). The fraction of sp³-hybridized carbons (Fsp3) is 0.600. The highest BCUT2D eigenvalue weighted by Gasteiger charge is 2.35. The zero-order valence-corrected chi connectivity index (χ0v) is 12.3. The first-order valence-electron chi connectivity index (χ1n) is 6.41. The molecule has 17 heavy (non-hydrogen) atoms. The molecule has 0 N–H and O–H groups in total. The van der Waals surface area contributed by atoms with Gasteiger partial charge >= 0.3 is 0 Å². The summed E-state index contributed by atoms with van der Waals surface area (Å²) < 4.78 is 5.27. The first-order chi connectivity index (χ1) is 8.14. The quantitative estimate of drug-likeness (QED) is 0.739. The Morgan fingerprint density at radius 3 is 2.71 bits per heavy atom. The predicted molar refractivity (Wildman–Crippen MR) is 76.0 cm³/mol. The van der Waals surface area contributed by atoms with E-state index in [1.807, 2.05) is 6.07 Å². The van der Waals surface area contributed by atoms with E-state index in [9.17, 15) is 0 Å². The van der Waals surface area contributed by atoms with Gasteiger partial charge < -0.3 is 4.74 Å². The third-order valence-corrected chi connectivity index (χ3v) is 5.48. The molecule has 0 aliphatic heterocycles. The zero-order valence-electron chi connectivity index (χ0n) is 10.7. The minimum atomic E-state index is 0.475. The molecular weight excluding hydrogens is 276 g/mol. The van der Waals surface area contributed by atoms with Gasteiger partial charge in [-0.3, -0.25) is 0 Å². The van der Waals surface area contributed by atoms with Crippen LogP contribution in [-0.2, 0) is 6.42 Å². The molecular formula is C15H21BrO. The molecule has 0 spiro atoms. The van der Waals surface area contributed by atoms with Gasteiger partial charge in [-0.15, -0.1) is 0 Å². The van der Waals surface area contributed by atoms with E-state index in [-0.39, 0.29) is 0 Å². The van der Waals surface area contributed by atoms with Crippen LogP contribution in [0.25, 0.3) is 0 Å². The molecule has 1 unspecified atom stereocenters. The first-order valence-corrected chi connectivity index (χ1v) is 7.33. The van der Waals surface area contributed by atoms with Crippen molar-refractivity contribution in [1.29, 1.82) is 0 Å². The molecule has 1 aliphatic carbocycles. The first kappa shape index (κ1) is 12.9. The smallest absolute Gasteiger partial charge is 0.119 e. The fourth-order valence-corrected chi connectivity index (χ4v) is 3.58. The van der Waals surface area contributed by atoms with Crippen LogP contribution in [-0.4, -0.2) is 11.9 Å². The topological polar surface area (TPSA) is 9.23 Å². The van der Waals surface area contributed by atoms with Crippen molar-refractivity contribution in [3.63, 3.8) is 0 Å². The second-order valence-corrected chi connectivity index (χ2v) is 6.49. The second kappa shape index (κ2) is 5.43. The lowest BCUT2D eigenvalue weighted by molar-refractivity contribution is 0.325. The Kier molecular flexibility index (Phi) is 4.13. The van der Waals surface area contributed by atoms with Gasteiger partial charge in [0.15, 0.2) is 0 Å². The third-order valence-electron chi connectivity index (χ3n) is 4.05. The van der Waals surface area contributed by atoms with E-state index in [2.05, 4.69) is 41.1 Å². The molecule has 1 aliphatic rings. The van der Waals surface area contributed by atoms with Crippen LogP contribution in [0.15, 0.2) is 24.3 Å². The number of hydrogen-bond acceptors (Lipinski definition) is 1. The Morgan fingerprint density at radius 1 is 1.35 bits per heavy atom. The molecule has 1 nitrogen and oxygen atoms in total. The third kappa shape index (κ3) is 3.04. The Hall–Kier alpha value is -0.500. The second-order valence-electron chi connectivity index (χ2n) is 5.38. The lowest BCUT2D eigenvalue weighted by Crippen LogP contribution is -2.26. The van der Waals surface area contributed by atoms with Crippen LogP contribution in [0.3, 0.4) is 0 Å². The van der Waals surface area contributed by atoms with Gasteiger partial charge in [-0.25, -0.2) is 0 Å². The lowest BCUT2D eigenvalue weighted by Gasteiger charge is -2.30. The maximum absolute atomic E-state index is 5.27. The van der Waals surface area contributed by atoms with Crippen LogP contribution in [0.1, 0.15) is 38.2 Å². The molecule has 0 radical (unpaired) electrons. The van der Waals surface area contributed by atoms with Crippen molar-refractivity contribution >= 4 is 15.9 Å². The molecule has 0 aromatic heterocycles. The summed E-state index contributed by atoms with van der Waals surface area (Å²) in [5.74, 6) is 0.957. The summed E-state index contributed by atoms with van der Waals surface area (Å²) in [6.07, 6.45) is 6.57. The zero-order chi connectivity index (χ0) is 12.3. The number of ether oxygens (including phenoxy) is 1. The minimum absolute atomic E-state index is 0.475. The van der Waals surface area contributed by atoms with E-state index in [1.165, 1.54) is 31.2 Å². The number of hydrogen-bond donors (Lipinski definition) is 0. The molecule has 1 aromatic carbocycles. The Bertz CT molecular complexity index is 369. The van der Waals surface area contributed by atoms with E-state index >= 15 is 0 Å². The highest BCUT2D eigenvalue weighted by molar-refractivity contribution is 9.09. The number of rotatable bonds is 4. The molecule has 2 heteroatoms. The summed E-state index contributed by atoms with van der Waals surface area (Å²) in [7, 11) is 1.73. The van der Waals surface area contributed by atoms with Gasteiger partial charge in [0.2, 0.25) is 0 Å². The van der Waals surface area contributed by atoms with Crippen molar-refractivity contribution in [2.45, 2.75) is 43.9 Å². The van der Waals surface area contributed by atoms with Crippen molar-refractivity contribution in [1.82, 2.24) is 0 Å². The fourth-order valence-electron chi connectivity index (χ4n) is 2.75. The standard InChI is InChI=1S/C15H21BrO/c1-15(8-3-4-9-15)14(16)11-12-6-5-7-13(10-12)17-2/h5-7,10,14H,3-4,8-9,11H2,1-2H3. The number of alkyl halides is 1. The van der Waals surface area contributed by atoms with Crippen molar-refractivity contribution in [3.8, 4) is 5.75 Å².